The van der Waals surface area contributed by atoms with Crippen LogP contribution < -0.4 is 5.32 Å². The monoisotopic (exact) mass is 781 g/mol. The average Bonchev–Trinajstić information content (AvgIpc) is 3.54. The van der Waals surface area contributed by atoms with E-state index in [-0.39, 0.29) is 40.0 Å². The molecule has 0 aromatic carbocycles. The van der Waals surface area contributed by atoms with E-state index in [1.54, 1.807) is 6.20 Å². The SMILES string of the molecule is CC(C)[Si](O[C@H]1C[C@H](Nc2ncncc2C(=O)c2scc([C@@H](C)O[Si](C)(C)C(C)(C)C)c2Cl)C[C@@H]1CO[Si](C)(C)C(C)(C)C)(C(C)C)C(C)C. The Bertz CT molecular complexity index is 1430. The molecule has 2 heterocycles. The second-order valence-corrected chi connectivity index (χ2v) is 34.8. The van der Waals surface area contributed by atoms with Gasteiger partial charge < -0.3 is 18.6 Å². The van der Waals surface area contributed by atoms with Crippen LogP contribution in [0.5, 0.6) is 0 Å². The van der Waals surface area contributed by atoms with Crippen molar-refractivity contribution in [3.05, 3.63) is 38.9 Å². The van der Waals surface area contributed by atoms with Crippen molar-refractivity contribution in [2.45, 2.75) is 174 Å². The standard InChI is InChI=1S/C38H68ClN3O4SSi3/c1-24(2)50(25(3)4,26(5)6)46-32-19-29(18-28(32)21-44-48(14,15)37(8,9)10)42-36-30(20-40-23-41-36)34(43)35-33(39)31(22-47-35)27(7)45-49(16,17)38(11,12)13/h20,22-29,32H,18-19,21H2,1-17H3,(H,40,41,42)/t27-,28-,29-,32+/m1/s1. The minimum absolute atomic E-state index is 0.0621. The molecule has 1 aliphatic rings. The van der Waals surface area contributed by atoms with Crippen LogP contribution in [0.1, 0.15) is 130 Å². The summed E-state index contributed by atoms with van der Waals surface area (Å²) in [5.74, 6) is 0.599. The van der Waals surface area contributed by atoms with E-state index in [4.69, 9.17) is 24.9 Å². The van der Waals surface area contributed by atoms with Crippen LogP contribution in [0.3, 0.4) is 0 Å². The maximum Gasteiger partial charge on any atom is 0.209 e. The second kappa shape index (κ2) is 16.2. The van der Waals surface area contributed by atoms with Gasteiger partial charge in [0.2, 0.25) is 14.1 Å². The zero-order valence-corrected chi connectivity index (χ0v) is 38.8. The van der Waals surface area contributed by atoms with E-state index >= 15 is 0 Å². The molecule has 12 heteroatoms. The van der Waals surface area contributed by atoms with E-state index in [2.05, 4.69) is 125 Å². The fourth-order valence-corrected chi connectivity index (χ4v) is 16.7. The molecule has 1 fully saturated rings. The molecular formula is C38H68ClN3O4SSi3. The number of nitrogens with zero attached hydrogens (tertiary/aromatic N) is 2. The Labute approximate surface area is 316 Å². The molecule has 0 amide bonds. The molecule has 0 aliphatic heterocycles. The number of rotatable bonds is 15. The lowest BCUT2D eigenvalue weighted by molar-refractivity contribution is 0.0971. The predicted octanol–water partition coefficient (Wildman–Crippen LogP) is 12.3. The summed E-state index contributed by atoms with van der Waals surface area (Å²) in [6.45, 7) is 39.4. The van der Waals surface area contributed by atoms with E-state index < -0.39 is 25.0 Å². The van der Waals surface area contributed by atoms with Crippen molar-refractivity contribution in [1.29, 1.82) is 0 Å². The van der Waals surface area contributed by atoms with Gasteiger partial charge in [0, 0.05) is 30.3 Å². The van der Waals surface area contributed by atoms with Crippen LogP contribution >= 0.6 is 22.9 Å². The predicted molar refractivity (Wildman–Crippen MR) is 221 cm³/mol. The van der Waals surface area contributed by atoms with Crippen LogP contribution in [-0.4, -0.2) is 59.5 Å². The van der Waals surface area contributed by atoms with Gasteiger partial charge in [0.1, 0.15) is 12.1 Å². The molecular weight excluding hydrogens is 714 g/mol. The molecule has 0 saturated heterocycles. The lowest BCUT2D eigenvalue weighted by atomic mass is 10.1. The molecule has 0 unspecified atom stereocenters. The fraction of sp³-hybridized carbons (Fsp3) is 0.763. The number of aromatic nitrogens is 2. The van der Waals surface area contributed by atoms with Gasteiger partial charge in [0.15, 0.2) is 16.6 Å². The summed E-state index contributed by atoms with van der Waals surface area (Å²) in [7, 11) is -6.16. The molecule has 1 aliphatic carbocycles. The van der Waals surface area contributed by atoms with Gasteiger partial charge >= 0.3 is 0 Å². The Hall–Kier alpha value is -0.929. The number of thiophene rings is 1. The Morgan fingerprint density at radius 1 is 0.940 bits per heavy atom. The van der Waals surface area contributed by atoms with Crippen LogP contribution in [0.4, 0.5) is 5.82 Å². The van der Waals surface area contributed by atoms with Crippen molar-refractivity contribution >= 4 is 59.5 Å². The minimum atomic E-state index is -2.15. The second-order valence-electron chi connectivity index (χ2n) is 18.6. The molecule has 50 heavy (non-hydrogen) atoms. The van der Waals surface area contributed by atoms with Crippen molar-refractivity contribution in [3.8, 4) is 0 Å². The molecule has 1 saturated carbocycles. The van der Waals surface area contributed by atoms with E-state index in [0.717, 1.165) is 18.4 Å². The average molecular weight is 783 g/mol. The number of nitrogens with one attached hydrogen (secondary N) is 1. The Balaban J connectivity index is 1.91. The number of hydrogen-bond donors (Lipinski definition) is 1. The summed E-state index contributed by atoms with van der Waals surface area (Å²) >= 11 is 8.31. The molecule has 2 aromatic rings. The van der Waals surface area contributed by atoms with E-state index in [0.29, 0.717) is 44.5 Å². The van der Waals surface area contributed by atoms with Crippen molar-refractivity contribution in [2.24, 2.45) is 5.92 Å². The maximum atomic E-state index is 14.1. The van der Waals surface area contributed by atoms with Crippen LogP contribution in [0, 0.1) is 5.92 Å². The van der Waals surface area contributed by atoms with Crippen LogP contribution in [0.2, 0.25) is 57.9 Å². The molecule has 284 valence electrons. The van der Waals surface area contributed by atoms with Crippen molar-refractivity contribution in [1.82, 2.24) is 9.97 Å². The maximum absolute atomic E-state index is 14.1. The summed E-state index contributed by atoms with van der Waals surface area (Å²) < 4.78 is 21.0. The topological polar surface area (TPSA) is 82.6 Å². The highest BCUT2D eigenvalue weighted by Gasteiger charge is 2.50. The first kappa shape index (κ1) is 43.5. The minimum Gasteiger partial charge on any atom is -0.416 e. The molecule has 2 aromatic heterocycles. The zero-order valence-electron chi connectivity index (χ0n) is 34.2. The lowest BCUT2D eigenvalue weighted by Crippen LogP contribution is -2.51. The largest absolute Gasteiger partial charge is 0.416 e. The van der Waals surface area contributed by atoms with Gasteiger partial charge in [-0.05, 0) is 78.0 Å². The van der Waals surface area contributed by atoms with E-state index in [1.165, 1.54) is 17.7 Å². The fourth-order valence-electron chi connectivity index (χ4n) is 7.12. The lowest BCUT2D eigenvalue weighted by Gasteiger charge is -2.45. The first-order valence-corrected chi connectivity index (χ1v) is 27.9. The number of anilines is 1. The third-order valence-corrected chi connectivity index (χ3v) is 28.8. The smallest absolute Gasteiger partial charge is 0.209 e. The number of hydrogen-bond acceptors (Lipinski definition) is 8. The van der Waals surface area contributed by atoms with Gasteiger partial charge in [-0.15, -0.1) is 11.3 Å². The molecule has 0 bridgehead atoms. The number of carbonyl (C=O) groups excluding carboxylic acids is 1. The highest BCUT2D eigenvalue weighted by atomic mass is 35.5. The van der Waals surface area contributed by atoms with Gasteiger partial charge in [-0.3, -0.25) is 4.79 Å². The highest BCUT2D eigenvalue weighted by Crippen LogP contribution is 2.47. The summed E-state index contributed by atoms with van der Waals surface area (Å²) in [4.78, 5) is 23.5. The molecule has 1 N–H and O–H groups in total. The van der Waals surface area contributed by atoms with Crippen molar-refractivity contribution in [2.75, 3.05) is 11.9 Å². The van der Waals surface area contributed by atoms with E-state index in [9.17, 15) is 4.79 Å². The van der Waals surface area contributed by atoms with Crippen LogP contribution in [0.15, 0.2) is 17.9 Å². The summed E-state index contributed by atoms with van der Waals surface area (Å²) in [6.07, 6.45) is 4.67. The Morgan fingerprint density at radius 2 is 1.50 bits per heavy atom. The summed E-state index contributed by atoms with van der Waals surface area (Å²) in [5, 5.41) is 6.28. The van der Waals surface area contributed by atoms with Crippen LogP contribution in [0.25, 0.3) is 0 Å². The van der Waals surface area contributed by atoms with Crippen LogP contribution in [-0.2, 0) is 13.3 Å². The normalized spacial score (nSPS) is 20.3. The zero-order chi connectivity index (χ0) is 38.2. The van der Waals surface area contributed by atoms with Gasteiger partial charge in [-0.1, -0.05) is 94.7 Å². The Morgan fingerprint density at radius 3 is 2.02 bits per heavy atom. The quantitative estimate of drug-likeness (QED) is 0.142. The summed E-state index contributed by atoms with van der Waals surface area (Å²) in [5.41, 5.74) is 2.73. The molecule has 0 spiro atoms. The number of halogens is 1. The highest BCUT2D eigenvalue weighted by molar-refractivity contribution is 7.13. The van der Waals surface area contributed by atoms with Gasteiger partial charge in [0.05, 0.1) is 27.7 Å². The molecule has 7 nitrogen and oxygen atoms in total. The number of ketones is 1. The Kier molecular flexibility index (Phi) is 14.1. The van der Waals surface area contributed by atoms with E-state index in [1.807, 2.05) is 12.3 Å². The third kappa shape index (κ3) is 9.40. The molecule has 0 radical (unpaired) electrons. The number of carbonyl (C=O) groups is 1. The van der Waals surface area contributed by atoms with Gasteiger partial charge in [0.25, 0.3) is 0 Å². The van der Waals surface area contributed by atoms with Gasteiger partial charge in [-0.2, -0.15) is 0 Å². The van der Waals surface area contributed by atoms with Crippen molar-refractivity contribution < 1.29 is 18.1 Å². The van der Waals surface area contributed by atoms with Gasteiger partial charge in [-0.25, -0.2) is 9.97 Å². The summed E-state index contributed by atoms with van der Waals surface area (Å²) in [6, 6.07) is 0.0695. The third-order valence-electron chi connectivity index (χ3n) is 12.1. The first-order valence-electron chi connectivity index (χ1n) is 18.6. The van der Waals surface area contributed by atoms with Crippen molar-refractivity contribution in [3.63, 3.8) is 0 Å². The first-order chi connectivity index (χ1) is 22.8. The molecule has 3 rings (SSSR count). The molecule has 4 atom stereocenters.